The zero-order chi connectivity index (χ0) is 14.5. The van der Waals surface area contributed by atoms with Crippen molar-refractivity contribution >= 4 is 17.3 Å². The van der Waals surface area contributed by atoms with E-state index in [4.69, 9.17) is 0 Å². The molecule has 0 radical (unpaired) electrons. The van der Waals surface area contributed by atoms with Gasteiger partial charge in [-0.25, -0.2) is 8.78 Å². The smallest absolute Gasteiger partial charge is 0.221 e. The van der Waals surface area contributed by atoms with Crippen molar-refractivity contribution in [2.75, 3.05) is 10.6 Å². The highest BCUT2D eigenvalue weighted by molar-refractivity contribution is 5.88. The summed E-state index contributed by atoms with van der Waals surface area (Å²) in [5.74, 6) is -1.06. The number of amides is 1. The second-order valence-corrected chi connectivity index (χ2v) is 4.35. The van der Waals surface area contributed by atoms with E-state index in [1.807, 2.05) is 0 Å². The van der Waals surface area contributed by atoms with Crippen molar-refractivity contribution in [1.29, 1.82) is 0 Å². The third-order valence-corrected chi connectivity index (χ3v) is 2.70. The first-order valence-corrected chi connectivity index (χ1v) is 6.10. The van der Waals surface area contributed by atoms with Crippen LogP contribution in [0.25, 0.3) is 0 Å². The summed E-state index contributed by atoms with van der Waals surface area (Å²) in [5, 5.41) is 5.64. The van der Waals surface area contributed by atoms with Crippen molar-refractivity contribution in [1.82, 2.24) is 0 Å². The zero-order valence-electron chi connectivity index (χ0n) is 10.9. The maximum absolute atomic E-state index is 13.4. The SMILES string of the molecule is CC(=O)Nc1ccc(NCc2cc(F)ccc2F)cc1. The van der Waals surface area contributed by atoms with E-state index >= 15 is 0 Å². The summed E-state index contributed by atoms with van der Waals surface area (Å²) in [6, 6.07) is 10.3. The molecule has 0 aliphatic heterocycles. The molecule has 1 amide bonds. The molecule has 2 aromatic rings. The molecule has 104 valence electrons. The molecule has 2 N–H and O–H groups in total. The third kappa shape index (κ3) is 3.78. The van der Waals surface area contributed by atoms with Crippen LogP contribution < -0.4 is 10.6 Å². The van der Waals surface area contributed by atoms with Gasteiger partial charge in [-0.15, -0.1) is 0 Å². The van der Waals surface area contributed by atoms with Gasteiger partial charge in [0.25, 0.3) is 0 Å². The Hall–Kier alpha value is -2.43. The van der Waals surface area contributed by atoms with E-state index in [-0.39, 0.29) is 18.0 Å². The minimum atomic E-state index is -0.468. The molecule has 0 heterocycles. The number of halogens is 2. The molecule has 20 heavy (non-hydrogen) atoms. The zero-order valence-corrected chi connectivity index (χ0v) is 10.9. The molecule has 0 saturated heterocycles. The van der Waals surface area contributed by atoms with Crippen molar-refractivity contribution in [3.63, 3.8) is 0 Å². The van der Waals surface area contributed by atoms with Gasteiger partial charge in [-0.05, 0) is 42.5 Å². The van der Waals surface area contributed by atoms with Gasteiger partial charge in [0.1, 0.15) is 11.6 Å². The average molecular weight is 276 g/mol. The topological polar surface area (TPSA) is 41.1 Å². The fourth-order valence-electron chi connectivity index (χ4n) is 1.75. The second-order valence-electron chi connectivity index (χ2n) is 4.35. The standard InChI is InChI=1S/C15H14F2N2O/c1-10(20)19-14-5-3-13(4-6-14)18-9-11-8-12(16)2-7-15(11)17/h2-8,18H,9H2,1H3,(H,19,20). The molecule has 0 bridgehead atoms. The monoisotopic (exact) mass is 276 g/mol. The maximum atomic E-state index is 13.4. The molecule has 2 aromatic carbocycles. The van der Waals surface area contributed by atoms with Crippen LogP contribution in [0.3, 0.4) is 0 Å². The van der Waals surface area contributed by atoms with Gasteiger partial charge in [0, 0.05) is 30.4 Å². The van der Waals surface area contributed by atoms with Crippen molar-refractivity contribution in [3.8, 4) is 0 Å². The molecule has 0 saturated carbocycles. The summed E-state index contributed by atoms with van der Waals surface area (Å²) in [6.45, 7) is 1.61. The molecule has 0 unspecified atom stereocenters. The summed E-state index contributed by atoms with van der Waals surface area (Å²) in [4.78, 5) is 10.9. The molecular weight excluding hydrogens is 262 g/mol. The Morgan fingerprint density at radius 1 is 1.05 bits per heavy atom. The highest BCUT2D eigenvalue weighted by Crippen LogP contribution is 2.16. The van der Waals surface area contributed by atoms with Crippen molar-refractivity contribution < 1.29 is 13.6 Å². The highest BCUT2D eigenvalue weighted by atomic mass is 19.1. The molecule has 3 nitrogen and oxygen atoms in total. The van der Waals surface area contributed by atoms with Gasteiger partial charge in [0.2, 0.25) is 5.91 Å². The molecule has 0 spiro atoms. The van der Waals surface area contributed by atoms with E-state index in [0.717, 1.165) is 23.9 Å². The average Bonchev–Trinajstić information content (AvgIpc) is 2.41. The molecule has 0 aromatic heterocycles. The summed E-state index contributed by atoms with van der Waals surface area (Å²) in [7, 11) is 0. The fourth-order valence-corrected chi connectivity index (χ4v) is 1.75. The highest BCUT2D eigenvalue weighted by Gasteiger charge is 2.03. The number of hydrogen-bond acceptors (Lipinski definition) is 2. The van der Waals surface area contributed by atoms with E-state index in [2.05, 4.69) is 10.6 Å². The number of carbonyl (C=O) groups excluding carboxylic acids is 1. The lowest BCUT2D eigenvalue weighted by atomic mass is 10.2. The summed E-state index contributed by atoms with van der Waals surface area (Å²) >= 11 is 0. The van der Waals surface area contributed by atoms with E-state index < -0.39 is 11.6 Å². The first-order chi connectivity index (χ1) is 9.54. The minimum absolute atomic E-state index is 0.146. The predicted octanol–water partition coefficient (Wildman–Crippen LogP) is 3.54. The Labute approximate surface area is 115 Å². The van der Waals surface area contributed by atoms with E-state index in [1.165, 1.54) is 6.92 Å². The lowest BCUT2D eigenvalue weighted by Gasteiger charge is -2.09. The van der Waals surface area contributed by atoms with E-state index in [1.54, 1.807) is 24.3 Å². The van der Waals surface area contributed by atoms with Crippen LogP contribution in [0.5, 0.6) is 0 Å². The quantitative estimate of drug-likeness (QED) is 0.896. The maximum Gasteiger partial charge on any atom is 0.221 e. The number of benzene rings is 2. The normalized spacial score (nSPS) is 10.2. The van der Waals surface area contributed by atoms with Gasteiger partial charge < -0.3 is 10.6 Å². The molecule has 0 atom stereocenters. The van der Waals surface area contributed by atoms with Crippen molar-refractivity contribution in [2.24, 2.45) is 0 Å². The largest absolute Gasteiger partial charge is 0.381 e. The second kappa shape index (κ2) is 6.14. The molecule has 0 aliphatic carbocycles. The van der Waals surface area contributed by atoms with Crippen LogP contribution in [0.15, 0.2) is 42.5 Å². The number of anilines is 2. The lowest BCUT2D eigenvalue weighted by Crippen LogP contribution is -2.06. The third-order valence-electron chi connectivity index (χ3n) is 2.70. The van der Waals surface area contributed by atoms with Gasteiger partial charge in [-0.2, -0.15) is 0 Å². The Kier molecular flexibility index (Phi) is 4.30. The van der Waals surface area contributed by atoms with Gasteiger partial charge in [0.05, 0.1) is 0 Å². The van der Waals surface area contributed by atoms with E-state index in [9.17, 15) is 13.6 Å². The van der Waals surface area contributed by atoms with Crippen LogP contribution in [0.4, 0.5) is 20.2 Å². The lowest BCUT2D eigenvalue weighted by molar-refractivity contribution is -0.114. The van der Waals surface area contributed by atoms with E-state index in [0.29, 0.717) is 5.69 Å². The fraction of sp³-hybridized carbons (Fsp3) is 0.133. The minimum Gasteiger partial charge on any atom is -0.381 e. The first-order valence-electron chi connectivity index (χ1n) is 6.10. The summed E-state index contributed by atoms with van der Waals surface area (Å²) in [5.41, 5.74) is 1.69. The van der Waals surface area contributed by atoms with Gasteiger partial charge >= 0.3 is 0 Å². The first kappa shape index (κ1) is 14.0. The molecular formula is C15H14F2N2O. The van der Waals surface area contributed by atoms with Crippen molar-refractivity contribution in [3.05, 3.63) is 59.7 Å². The Morgan fingerprint density at radius 3 is 2.35 bits per heavy atom. The van der Waals surface area contributed by atoms with Crippen molar-refractivity contribution in [2.45, 2.75) is 13.5 Å². The Balaban J connectivity index is 2.00. The number of hydrogen-bond donors (Lipinski definition) is 2. The van der Waals surface area contributed by atoms with Crippen LogP contribution in [-0.4, -0.2) is 5.91 Å². The van der Waals surface area contributed by atoms with Gasteiger partial charge in [-0.1, -0.05) is 0 Å². The van der Waals surface area contributed by atoms with Gasteiger partial charge in [0.15, 0.2) is 0 Å². The Bertz CT molecular complexity index is 612. The van der Waals surface area contributed by atoms with Crippen LogP contribution in [0.2, 0.25) is 0 Å². The van der Waals surface area contributed by atoms with Crippen LogP contribution in [0.1, 0.15) is 12.5 Å². The molecule has 2 rings (SSSR count). The van der Waals surface area contributed by atoms with Gasteiger partial charge in [-0.3, -0.25) is 4.79 Å². The molecule has 0 fully saturated rings. The summed E-state index contributed by atoms with van der Waals surface area (Å²) < 4.78 is 26.4. The van der Waals surface area contributed by atoms with Crippen LogP contribution in [0, 0.1) is 11.6 Å². The molecule has 5 heteroatoms. The van der Waals surface area contributed by atoms with Crippen LogP contribution in [-0.2, 0) is 11.3 Å². The number of nitrogens with one attached hydrogen (secondary N) is 2. The molecule has 0 aliphatic rings. The summed E-state index contributed by atoms with van der Waals surface area (Å²) in [6.07, 6.45) is 0. The number of rotatable bonds is 4. The van der Waals surface area contributed by atoms with Crippen LogP contribution >= 0.6 is 0 Å². The predicted molar refractivity (Wildman–Crippen MR) is 74.4 cm³/mol. The number of carbonyl (C=O) groups is 1. The Morgan fingerprint density at radius 2 is 1.70 bits per heavy atom.